The molecule has 18 atom stereocenters. The molecule has 0 amide bonds. The molecule has 0 saturated heterocycles. The van der Waals surface area contributed by atoms with E-state index in [9.17, 15) is 9.59 Å². The lowest BCUT2D eigenvalue weighted by molar-refractivity contribution is -0.169. The highest BCUT2D eigenvalue weighted by atomic mass is 16.6. The first-order chi connectivity index (χ1) is 25.6. The molecule has 0 bridgehead atoms. The van der Waals surface area contributed by atoms with Crippen molar-refractivity contribution in [3.05, 3.63) is 22.3 Å². The molecule has 9 saturated carbocycles. The predicted molar refractivity (Wildman–Crippen MR) is 188 cm³/mol. The normalized spacial score (nSPS) is 50.1. The van der Waals surface area contributed by atoms with E-state index in [1.807, 2.05) is 22.3 Å². The zero-order valence-corrected chi connectivity index (χ0v) is 31.2. The summed E-state index contributed by atoms with van der Waals surface area (Å²) in [5.41, 5.74) is 6.45. The molecule has 8 nitrogen and oxygen atoms in total. The number of fused-ring (bicyclic) bond motifs is 4. The van der Waals surface area contributed by atoms with Crippen LogP contribution in [0.4, 0.5) is 0 Å². The van der Waals surface area contributed by atoms with Crippen molar-refractivity contribution in [3.8, 4) is 0 Å². The van der Waals surface area contributed by atoms with Crippen LogP contribution in [-0.4, -0.2) is 79.0 Å². The fraction of sp³-hybridized carbons (Fsp3) is 0.864. The van der Waals surface area contributed by atoms with Gasteiger partial charge in [-0.25, -0.2) is 0 Å². The van der Waals surface area contributed by atoms with Gasteiger partial charge in [0.05, 0.1) is 39.6 Å². The Hall–Kier alpha value is -1.74. The Labute approximate surface area is 308 Å². The van der Waals surface area contributed by atoms with Gasteiger partial charge in [0.25, 0.3) is 0 Å². The SMILES string of the molecule is COCCOCCOC(=O)C1(C(=O)OCCOCCOC)C2C3CCC4=C5C3C3C(CC6CC7CC8CCC9CCC4=C4C9C8C8C4C5C3C6C78)C21. The minimum absolute atomic E-state index is 0.0201. The van der Waals surface area contributed by atoms with Crippen molar-refractivity contribution < 1.29 is 38.0 Å². The fourth-order valence-electron chi connectivity index (χ4n) is 18.4. The molecule has 0 radical (unpaired) electrons. The van der Waals surface area contributed by atoms with Crippen LogP contribution in [-0.2, 0) is 38.0 Å². The molecular weight excluding hydrogens is 656 g/mol. The molecule has 0 aliphatic heterocycles. The van der Waals surface area contributed by atoms with Gasteiger partial charge in [-0.3, -0.25) is 9.59 Å². The van der Waals surface area contributed by atoms with Crippen LogP contribution in [0.1, 0.15) is 57.8 Å². The van der Waals surface area contributed by atoms with Crippen molar-refractivity contribution in [2.75, 3.05) is 67.1 Å². The van der Waals surface area contributed by atoms with Crippen LogP contribution in [0, 0.1) is 112 Å². The lowest BCUT2D eigenvalue weighted by Crippen LogP contribution is -2.54. The molecule has 0 heterocycles. The third kappa shape index (κ3) is 3.85. The highest BCUT2D eigenvalue weighted by molar-refractivity contribution is 6.05. The molecule has 282 valence electrons. The smallest absolute Gasteiger partial charge is 0.324 e. The van der Waals surface area contributed by atoms with Crippen molar-refractivity contribution in [2.45, 2.75) is 57.8 Å². The zero-order valence-electron chi connectivity index (χ0n) is 31.2. The molecule has 52 heavy (non-hydrogen) atoms. The summed E-state index contributed by atoms with van der Waals surface area (Å²) in [4.78, 5) is 29.3. The third-order valence-corrected chi connectivity index (χ3v) is 18.8. The summed E-state index contributed by atoms with van der Waals surface area (Å²) < 4.78 is 33.8. The highest BCUT2D eigenvalue weighted by Crippen LogP contribution is 2.87. The number of hydrogen-bond acceptors (Lipinski definition) is 8. The monoisotopic (exact) mass is 714 g/mol. The van der Waals surface area contributed by atoms with E-state index in [1.54, 1.807) is 14.2 Å². The van der Waals surface area contributed by atoms with E-state index in [4.69, 9.17) is 28.4 Å². The van der Waals surface area contributed by atoms with Gasteiger partial charge in [-0.05, 0) is 175 Å². The molecular formula is C44H58O8. The average Bonchev–Trinajstić information content (AvgIpc) is 3.32. The minimum atomic E-state index is -1.20. The van der Waals surface area contributed by atoms with E-state index in [-0.39, 0.29) is 37.0 Å². The molecule has 0 aromatic carbocycles. The standard InChI is InChI=1S/C44H58O8/c1-47-9-11-49-13-15-51-42(45)44(43(46)52-16-14-50-12-10-48-2)40-26-8-7-25-24-6-5-20-3-4-21-17-22-18-23-19-27(41(40)44)35-34(26)33(25)39-37(35)31(23)30(22)36-29(21)28(20)32(24)38(36)39/h20-23,26-31,34-41H,3-19H2,1-2H3. The van der Waals surface area contributed by atoms with Gasteiger partial charge in [0.1, 0.15) is 13.2 Å². The van der Waals surface area contributed by atoms with Gasteiger partial charge in [0, 0.05) is 14.2 Å². The summed E-state index contributed by atoms with van der Waals surface area (Å²) in [5, 5.41) is 0. The van der Waals surface area contributed by atoms with Crippen molar-refractivity contribution >= 4 is 11.9 Å². The first kappa shape index (κ1) is 32.5. The van der Waals surface area contributed by atoms with E-state index in [1.165, 1.54) is 44.9 Å². The van der Waals surface area contributed by atoms with E-state index in [2.05, 4.69) is 0 Å². The van der Waals surface area contributed by atoms with Gasteiger partial charge in [0.2, 0.25) is 0 Å². The molecule has 0 aromatic heterocycles. The Bertz CT molecular complexity index is 1590. The number of ether oxygens (including phenoxy) is 6. The molecule has 0 N–H and O–H groups in total. The maximum atomic E-state index is 14.7. The zero-order chi connectivity index (χ0) is 34.6. The lowest BCUT2D eigenvalue weighted by atomic mass is 9.46. The number of allylic oxidation sites excluding steroid dienone is 4. The van der Waals surface area contributed by atoms with E-state index in [0.717, 1.165) is 83.9 Å². The Balaban J connectivity index is 0.935. The van der Waals surface area contributed by atoms with Crippen molar-refractivity contribution in [1.82, 2.24) is 0 Å². The second kappa shape index (κ2) is 11.6. The fourth-order valence-corrected chi connectivity index (χ4v) is 18.4. The van der Waals surface area contributed by atoms with Crippen LogP contribution < -0.4 is 0 Å². The predicted octanol–water partition coefficient (Wildman–Crippen LogP) is 5.74. The van der Waals surface area contributed by atoms with Gasteiger partial charge in [-0.15, -0.1) is 0 Å². The van der Waals surface area contributed by atoms with Crippen LogP contribution in [0.5, 0.6) is 0 Å². The summed E-state index contributed by atoms with van der Waals surface area (Å²) in [6, 6.07) is 0. The Morgan fingerprint density at radius 3 is 1.77 bits per heavy atom. The van der Waals surface area contributed by atoms with Crippen LogP contribution in [0.3, 0.4) is 0 Å². The van der Waals surface area contributed by atoms with Crippen molar-refractivity contribution in [3.63, 3.8) is 0 Å². The molecule has 12 aliphatic carbocycles. The van der Waals surface area contributed by atoms with Crippen LogP contribution >= 0.6 is 0 Å². The number of carbonyl (C=O) groups excluding carboxylic acids is 2. The summed E-state index contributed by atoms with van der Waals surface area (Å²) in [5.74, 6) is 11.9. The number of rotatable bonds is 14. The largest absolute Gasteiger partial charge is 0.462 e. The maximum Gasteiger partial charge on any atom is 0.324 e. The van der Waals surface area contributed by atoms with Crippen molar-refractivity contribution in [2.24, 2.45) is 112 Å². The summed E-state index contributed by atoms with van der Waals surface area (Å²) >= 11 is 0. The quantitative estimate of drug-likeness (QED) is 0.128. The maximum absolute atomic E-state index is 14.7. The summed E-state index contributed by atoms with van der Waals surface area (Å²) in [6.45, 7) is 2.82. The number of methoxy groups -OCH3 is 2. The number of hydrogen-bond donors (Lipinski definition) is 0. The molecule has 8 heteroatoms. The molecule has 18 unspecified atom stereocenters. The molecule has 9 fully saturated rings. The Morgan fingerprint density at radius 1 is 0.519 bits per heavy atom. The van der Waals surface area contributed by atoms with Gasteiger partial charge in [-0.1, -0.05) is 11.1 Å². The summed E-state index contributed by atoms with van der Waals surface area (Å²) in [7, 11) is 3.31. The molecule has 0 aromatic rings. The highest BCUT2D eigenvalue weighted by Gasteiger charge is 2.87. The van der Waals surface area contributed by atoms with Crippen LogP contribution in [0.2, 0.25) is 0 Å². The van der Waals surface area contributed by atoms with E-state index < -0.39 is 5.41 Å². The van der Waals surface area contributed by atoms with Gasteiger partial charge in [-0.2, -0.15) is 0 Å². The Morgan fingerprint density at radius 2 is 1.08 bits per heavy atom. The third-order valence-electron chi connectivity index (χ3n) is 18.8. The van der Waals surface area contributed by atoms with Crippen molar-refractivity contribution in [1.29, 1.82) is 0 Å². The minimum Gasteiger partial charge on any atom is -0.462 e. The second-order valence-electron chi connectivity index (χ2n) is 19.6. The topological polar surface area (TPSA) is 89.5 Å². The molecule has 12 rings (SSSR count). The van der Waals surface area contributed by atoms with Gasteiger partial charge < -0.3 is 28.4 Å². The first-order valence-electron chi connectivity index (χ1n) is 21.5. The van der Waals surface area contributed by atoms with E-state index in [0.29, 0.717) is 63.3 Å². The summed E-state index contributed by atoms with van der Waals surface area (Å²) in [6.07, 6.45) is 12.1. The van der Waals surface area contributed by atoms with Gasteiger partial charge in [0.15, 0.2) is 5.41 Å². The van der Waals surface area contributed by atoms with Gasteiger partial charge >= 0.3 is 11.9 Å². The molecule has 12 aliphatic rings. The van der Waals surface area contributed by atoms with E-state index >= 15 is 0 Å². The van der Waals surface area contributed by atoms with Crippen LogP contribution in [0.15, 0.2) is 22.3 Å². The number of carbonyl (C=O) groups is 2. The van der Waals surface area contributed by atoms with Crippen LogP contribution in [0.25, 0.3) is 0 Å². The average molecular weight is 715 g/mol. The lowest BCUT2D eigenvalue weighted by Gasteiger charge is -2.58. The first-order valence-corrected chi connectivity index (χ1v) is 21.5. The molecule has 0 spiro atoms. The number of esters is 2. The second-order valence-corrected chi connectivity index (χ2v) is 19.6. The Kier molecular flexibility index (Phi) is 7.28.